The largest absolute Gasteiger partial charge is 0.385 e. The second-order valence-electron chi connectivity index (χ2n) is 1.35. The fourth-order valence-electron chi connectivity index (χ4n) is 0.289. The van der Waals surface area contributed by atoms with Gasteiger partial charge in [0.05, 0.1) is 0 Å². The Labute approximate surface area is 52.0 Å². The number of hydrogen-bond donors (Lipinski definition) is 1. The van der Waals surface area contributed by atoms with Crippen molar-refractivity contribution in [1.29, 1.82) is 0 Å². The van der Waals surface area contributed by atoms with Gasteiger partial charge in [-0.2, -0.15) is 0 Å². The van der Waals surface area contributed by atoms with Crippen LogP contribution in [0, 0.1) is 0 Å². The molecule has 0 atom stereocenters. The summed E-state index contributed by atoms with van der Waals surface area (Å²) in [6, 6.07) is 0. The molecule has 0 saturated carbocycles. The van der Waals surface area contributed by atoms with Crippen molar-refractivity contribution in [3.05, 3.63) is 0 Å². The highest BCUT2D eigenvalue weighted by Gasteiger charge is 1.74. The molecule has 0 aliphatic carbocycles. The Morgan fingerprint density at radius 3 is 2.00 bits per heavy atom. The summed E-state index contributed by atoms with van der Waals surface area (Å²) in [6.45, 7) is 3.07. The van der Waals surface area contributed by atoms with Crippen molar-refractivity contribution in [2.75, 3.05) is 20.8 Å². The highest BCUT2D eigenvalue weighted by Crippen LogP contribution is 1.83. The summed E-state index contributed by atoms with van der Waals surface area (Å²) in [4.78, 5) is 0. The van der Waals surface area contributed by atoms with E-state index < -0.39 is 0 Å². The van der Waals surface area contributed by atoms with Crippen molar-refractivity contribution in [2.24, 2.45) is 5.73 Å². The van der Waals surface area contributed by atoms with Crippen LogP contribution in [0.25, 0.3) is 0 Å². The molecule has 0 aromatic heterocycles. The predicted octanol–water partition coefficient (Wildman–Crippen LogP) is 1.01. The van der Waals surface area contributed by atoms with Gasteiger partial charge in [0.1, 0.15) is 0 Å². The zero-order valence-corrected chi connectivity index (χ0v) is 6.11. The smallest absolute Gasteiger partial charge is 0.0462 e. The van der Waals surface area contributed by atoms with Gasteiger partial charge in [0.25, 0.3) is 0 Å². The molecule has 0 aliphatic rings. The first kappa shape index (κ1) is 10.8. The number of unbranched alkanes of at least 4 members (excludes halogenated alkanes) is 1. The Balaban J connectivity index is 0. The van der Waals surface area contributed by atoms with Crippen LogP contribution in [-0.4, -0.2) is 20.8 Å². The van der Waals surface area contributed by atoms with Crippen LogP contribution >= 0.6 is 0 Å². The van der Waals surface area contributed by atoms with Crippen LogP contribution in [0.15, 0.2) is 0 Å². The Morgan fingerprint density at radius 1 is 1.38 bits per heavy atom. The van der Waals surface area contributed by atoms with E-state index in [0.29, 0.717) is 0 Å². The molecular weight excluding hydrogens is 102 g/mol. The van der Waals surface area contributed by atoms with Crippen molar-refractivity contribution in [3.8, 4) is 0 Å². The van der Waals surface area contributed by atoms with Crippen LogP contribution in [0.3, 0.4) is 0 Å². The maximum atomic E-state index is 4.78. The first-order valence-corrected chi connectivity index (χ1v) is 2.98. The second-order valence-corrected chi connectivity index (χ2v) is 1.35. The molecule has 0 bridgehead atoms. The molecule has 0 aliphatic heterocycles. The lowest BCUT2D eigenvalue weighted by atomic mass is 10.4. The average molecular weight is 119 g/mol. The zero-order valence-electron chi connectivity index (χ0n) is 6.11. The third-order valence-electron chi connectivity index (χ3n) is 0.702. The number of rotatable bonds is 3. The molecule has 8 heavy (non-hydrogen) atoms. The van der Waals surface area contributed by atoms with E-state index in [1.165, 1.54) is 19.9 Å². The minimum absolute atomic E-state index is 0.913. The topological polar surface area (TPSA) is 35.2 Å². The van der Waals surface area contributed by atoms with Gasteiger partial charge in [-0.25, -0.2) is 0 Å². The van der Waals surface area contributed by atoms with Crippen molar-refractivity contribution in [2.45, 2.75) is 19.8 Å². The molecule has 52 valence electrons. The third kappa shape index (κ3) is 16.8. The van der Waals surface area contributed by atoms with Gasteiger partial charge in [-0.1, -0.05) is 13.3 Å². The molecule has 0 unspecified atom stereocenters. The Morgan fingerprint density at radius 2 is 1.88 bits per heavy atom. The summed E-state index contributed by atoms with van der Waals surface area (Å²) in [5.41, 5.74) is 4.50. The zero-order chi connectivity index (χ0) is 6.83. The minimum atomic E-state index is 0.913. The van der Waals surface area contributed by atoms with Gasteiger partial charge in [-0.05, 0) is 13.5 Å². The monoisotopic (exact) mass is 119 g/mol. The van der Waals surface area contributed by atoms with Gasteiger partial charge in [0, 0.05) is 13.7 Å². The highest BCUT2D eigenvalue weighted by molar-refractivity contribution is 4.26. The fourth-order valence-corrected chi connectivity index (χ4v) is 0.289. The third-order valence-corrected chi connectivity index (χ3v) is 0.702. The quantitative estimate of drug-likeness (QED) is 0.563. The second kappa shape index (κ2) is 15.8. The Bertz CT molecular complexity index is 20.5. The highest BCUT2D eigenvalue weighted by atomic mass is 16.5. The van der Waals surface area contributed by atoms with E-state index in [2.05, 4.69) is 12.7 Å². The molecule has 2 nitrogen and oxygen atoms in total. The molecule has 0 aromatic carbocycles. The molecule has 0 aromatic rings. The normalized spacial score (nSPS) is 7.50. The molecule has 0 amide bonds. The van der Waals surface area contributed by atoms with Crippen molar-refractivity contribution in [1.82, 2.24) is 0 Å². The molecule has 0 rings (SSSR count). The van der Waals surface area contributed by atoms with Gasteiger partial charge < -0.3 is 10.5 Å². The molecular formula is C6H17NO. The maximum Gasteiger partial charge on any atom is 0.0462 e. The molecule has 2 heteroatoms. The van der Waals surface area contributed by atoms with Crippen molar-refractivity contribution in [3.63, 3.8) is 0 Å². The van der Waals surface area contributed by atoms with E-state index in [0.717, 1.165) is 6.61 Å². The van der Waals surface area contributed by atoms with Gasteiger partial charge in [-0.3, -0.25) is 0 Å². The van der Waals surface area contributed by atoms with Gasteiger partial charge in [-0.15, -0.1) is 0 Å². The lowest BCUT2D eigenvalue weighted by molar-refractivity contribution is 0.194. The Kier molecular flexibility index (Phi) is 21.3. The van der Waals surface area contributed by atoms with E-state index in [9.17, 15) is 0 Å². The van der Waals surface area contributed by atoms with E-state index in [1.54, 1.807) is 7.11 Å². The van der Waals surface area contributed by atoms with Crippen LogP contribution in [0.4, 0.5) is 0 Å². The van der Waals surface area contributed by atoms with Gasteiger partial charge >= 0.3 is 0 Å². The maximum absolute atomic E-state index is 4.78. The molecule has 0 spiro atoms. The molecule has 0 radical (unpaired) electrons. The average Bonchev–Trinajstić information content (AvgIpc) is 1.88. The Hall–Kier alpha value is -0.0800. The lowest BCUT2D eigenvalue weighted by Crippen LogP contribution is -1.84. The summed E-state index contributed by atoms with van der Waals surface area (Å²) in [5.74, 6) is 0. The molecule has 0 saturated heterocycles. The van der Waals surface area contributed by atoms with Gasteiger partial charge in [0.2, 0.25) is 0 Å². The lowest BCUT2D eigenvalue weighted by Gasteiger charge is -1.89. The summed E-state index contributed by atoms with van der Waals surface area (Å²) in [5, 5.41) is 0. The summed E-state index contributed by atoms with van der Waals surface area (Å²) in [6.07, 6.45) is 2.42. The first-order valence-electron chi connectivity index (χ1n) is 2.98. The first-order chi connectivity index (χ1) is 3.91. The summed E-state index contributed by atoms with van der Waals surface area (Å²) >= 11 is 0. The van der Waals surface area contributed by atoms with E-state index in [-0.39, 0.29) is 0 Å². The van der Waals surface area contributed by atoms with Crippen molar-refractivity contribution >= 4 is 0 Å². The van der Waals surface area contributed by atoms with Crippen molar-refractivity contribution < 1.29 is 4.74 Å². The minimum Gasteiger partial charge on any atom is -0.385 e. The fraction of sp³-hybridized carbons (Fsp3) is 1.00. The van der Waals surface area contributed by atoms with E-state index >= 15 is 0 Å². The molecule has 0 heterocycles. The van der Waals surface area contributed by atoms with Crippen LogP contribution in [0.2, 0.25) is 0 Å². The molecule has 2 N–H and O–H groups in total. The number of nitrogens with two attached hydrogens (primary N) is 1. The van der Waals surface area contributed by atoms with Crippen LogP contribution in [-0.2, 0) is 4.74 Å². The SMILES string of the molecule is CCCCOC.CN. The summed E-state index contributed by atoms with van der Waals surface area (Å²) in [7, 11) is 3.23. The van der Waals surface area contributed by atoms with E-state index in [4.69, 9.17) is 4.74 Å². The number of methoxy groups -OCH3 is 1. The van der Waals surface area contributed by atoms with Gasteiger partial charge in [0.15, 0.2) is 0 Å². The number of ether oxygens (including phenoxy) is 1. The standard InChI is InChI=1S/C5H12O.CH5N/c1-3-4-5-6-2;1-2/h3-5H2,1-2H3;2H2,1H3. The number of hydrogen-bond acceptors (Lipinski definition) is 2. The van der Waals surface area contributed by atoms with Crippen LogP contribution < -0.4 is 5.73 Å². The van der Waals surface area contributed by atoms with E-state index in [1.807, 2.05) is 0 Å². The summed E-state index contributed by atoms with van der Waals surface area (Å²) < 4.78 is 4.78. The predicted molar refractivity (Wildman–Crippen MR) is 36.9 cm³/mol. The van der Waals surface area contributed by atoms with Crippen LogP contribution in [0.1, 0.15) is 19.8 Å². The molecule has 0 fully saturated rings. The van der Waals surface area contributed by atoms with Crippen LogP contribution in [0.5, 0.6) is 0 Å².